The summed E-state index contributed by atoms with van der Waals surface area (Å²) in [6.45, 7) is 4.15. The first-order valence-corrected chi connectivity index (χ1v) is 5.06. The summed E-state index contributed by atoms with van der Waals surface area (Å²) in [7, 11) is 0. The molecule has 1 aliphatic rings. The topological polar surface area (TPSA) is 59.0 Å². The Balaban J connectivity index is 2.29. The van der Waals surface area contributed by atoms with Crippen molar-refractivity contribution in [3.63, 3.8) is 0 Å². The minimum absolute atomic E-state index is 0.0343. The molecule has 5 nitrogen and oxygen atoms in total. The predicted molar refractivity (Wildman–Crippen MR) is 58.6 cm³/mol. The third-order valence-electron chi connectivity index (χ3n) is 2.68. The van der Waals surface area contributed by atoms with Gasteiger partial charge in [-0.1, -0.05) is 0 Å². The van der Waals surface area contributed by atoms with Gasteiger partial charge in [-0.2, -0.15) is 5.10 Å². The van der Waals surface area contributed by atoms with Crippen LogP contribution in [0.1, 0.15) is 17.8 Å². The average molecular weight is 216 g/mol. The predicted octanol–water partition coefficient (Wildman–Crippen LogP) is 0.475. The van der Waals surface area contributed by atoms with Gasteiger partial charge in [0.15, 0.2) is 0 Å². The number of aryl methyl sites for hydroxylation is 2. The number of anilines is 1. The van der Waals surface area contributed by atoms with E-state index in [9.17, 15) is 4.79 Å². The highest BCUT2D eigenvalue weighted by Gasteiger charge is 2.31. The third kappa shape index (κ3) is 1.74. The van der Waals surface area contributed by atoms with Crippen LogP contribution in [-0.4, -0.2) is 27.6 Å². The van der Waals surface area contributed by atoms with Gasteiger partial charge in [-0.05, 0) is 13.8 Å². The van der Waals surface area contributed by atoms with Gasteiger partial charge in [-0.25, -0.2) is 4.98 Å². The number of rotatable bonds is 1. The zero-order valence-electron chi connectivity index (χ0n) is 9.27. The normalized spacial score (nSPS) is 19.9. The number of hydrogen-bond donors (Lipinski definition) is 0. The van der Waals surface area contributed by atoms with Gasteiger partial charge in [0.05, 0.1) is 11.4 Å². The van der Waals surface area contributed by atoms with E-state index in [0.29, 0.717) is 18.9 Å². The molecule has 0 saturated carbocycles. The van der Waals surface area contributed by atoms with E-state index in [-0.39, 0.29) is 11.8 Å². The summed E-state index contributed by atoms with van der Waals surface area (Å²) in [5, 5.41) is 7.87. The fourth-order valence-corrected chi connectivity index (χ4v) is 1.57. The van der Waals surface area contributed by atoms with Crippen LogP contribution in [0.4, 0.5) is 5.95 Å². The summed E-state index contributed by atoms with van der Waals surface area (Å²) in [6.07, 6.45) is 5.67. The Morgan fingerprint density at radius 3 is 2.69 bits per heavy atom. The lowest BCUT2D eigenvalue weighted by Crippen LogP contribution is -2.27. The Morgan fingerprint density at radius 2 is 2.12 bits per heavy atom. The monoisotopic (exact) mass is 216 g/mol. The molecule has 16 heavy (non-hydrogen) atoms. The van der Waals surface area contributed by atoms with Crippen LogP contribution in [0.25, 0.3) is 0 Å². The van der Waals surface area contributed by atoms with Gasteiger partial charge >= 0.3 is 0 Å². The van der Waals surface area contributed by atoms with Crippen molar-refractivity contribution in [1.29, 1.82) is 0 Å². The standard InChI is InChI=1S/C11H12N4O/c1-4-9-5-10(16)15(6-9)11-12-7(2)8(3)13-14-11/h1,9H,5-6H2,2-3H3. The van der Waals surface area contributed by atoms with Crippen LogP contribution in [0, 0.1) is 32.1 Å². The van der Waals surface area contributed by atoms with E-state index in [0.717, 1.165) is 11.4 Å². The highest BCUT2D eigenvalue weighted by Crippen LogP contribution is 2.21. The van der Waals surface area contributed by atoms with E-state index < -0.39 is 0 Å². The van der Waals surface area contributed by atoms with E-state index in [4.69, 9.17) is 6.42 Å². The van der Waals surface area contributed by atoms with Crippen LogP contribution in [0.15, 0.2) is 0 Å². The molecule has 1 aromatic heterocycles. The largest absolute Gasteiger partial charge is 0.278 e. The third-order valence-corrected chi connectivity index (χ3v) is 2.68. The number of carbonyl (C=O) groups is 1. The lowest BCUT2D eigenvalue weighted by Gasteiger charge is -2.13. The molecule has 1 atom stereocenters. The van der Waals surface area contributed by atoms with Crippen molar-refractivity contribution in [2.24, 2.45) is 5.92 Å². The van der Waals surface area contributed by atoms with Crippen molar-refractivity contribution < 1.29 is 4.79 Å². The molecule has 0 spiro atoms. The SMILES string of the molecule is C#CC1CC(=O)N(c2nnc(C)c(C)n2)C1. The molecule has 1 unspecified atom stereocenters. The molecule has 2 rings (SSSR count). The zero-order chi connectivity index (χ0) is 11.7. The van der Waals surface area contributed by atoms with Crippen LogP contribution in [-0.2, 0) is 4.79 Å². The molecule has 5 heteroatoms. The molecule has 1 amide bonds. The van der Waals surface area contributed by atoms with Crippen LogP contribution in [0.5, 0.6) is 0 Å². The molecule has 0 N–H and O–H groups in total. The molecule has 82 valence electrons. The molecular weight excluding hydrogens is 204 g/mol. The maximum Gasteiger partial charge on any atom is 0.252 e. The minimum atomic E-state index is -0.0438. The van der Waals surface area contributed by atoms with Crippen LogP contribution < -0.4 is 4.90 Å². The lowest BCUT2D eigenvalue weighted by atomic mass is 10.1. The summed E-state index contributed by atoms with van der Waals surface area (Å²) in [5.74, 6) is 2.86. The Labute approximate surface area is 93.9 Å². The molecule has 0 aliphatic carbocycles. The summed E-state index contributed by atoms with van der Waals surface area (Å²) < 4.78 is 0. The van der Waals surface area contributed by atoms with Gasteiger partial charge in [0, 0.05) is 18.9 Å². The van der Waals surface area contributed by atoms with Crippen LogP contribution >= 0.6 is 0 Å². The molecule has 1 fully saturated rings. The molecule has 0 aromatic carbocycles. The van der Waals surface area contributed by atoms with Gasteiger partial charge in [0.2, 0.25) is 5.91 Å². The second kappa shape index (κ2) is 3.89. The van der Waals surface area contributed by atoms with Gasteiger partial charge < -0.3 is 0 Å². The van der Waals surface area contributed by atoms with Gasteiger partial charge in [0.1, 0.15) is 0 Å². The van der Waals surface area contributed by atoms with Crippen molar-refractivity contribution >= 4 is 11.9 Å². The van der Waals surface area contributed by atoms with E-state index in [1.807, 2.05) is 13.8 Å². The Hall–Kier alpha value is -1.96. The Bertz CT molecular complexity index is 477. The summed E-state index contributed by atoms with van der Waals surface area (Å²) in [5.41, 5.74) is 1.55. The van der Waals surface area contributed by atoms with E-state index >= 15 is 0 Å². The first kappa shape index (κ1) is 10.6. The Morgan fingerprint density at radius 1 is 1.38 bits per heavy atom. The zero-order valence-corrected chi connectivity index (χ0v) is 9.27. The molecule has 0 radical (unpaired) electrons. The van der Waals surface area contributed by atoms with Crippen molar-refractivity contribution in [2.75, 3.05) is 11.4 Å². The summed E-state index contributed by atoms with van der Waals surface area (Å²) in [6, 6.07) is 0. The summed E-state index contributed by atoms with van der Waals surface area (Å²) >= 11 is 0. The van der Waals surface area contributed by atoms with Crippen molar-refractivity contribution in [3.8, 4) is 12.3 Å². The number of amides is 1. The van der Waals surface area contributed by atoms with Crippen LogP contribution in [0.2, 0.25) is 0 Å². The van der Waals surface area contributed by atoms with Gasteiger partial charge in [0.25, 0.3) is 5.95 Å². The molecule has 0 bridgehead atoms. The lowest BCUT2D eigenvalue weighted by molar-refractivity contribution is -0.117. The second-order valence-corrected chi connectivity index (χ2v) is 3.85. The highest BCUT2D eigenvalue weighted by molar-refractivity contribution is 5.94. The molecule has 1 aromatic rings. The summed E-state index contributed by atoms with van der Waals surface area (Å²) in [4.78, 5) is 17.4. The number of carbonyl (C=O) groups excluding carboxylic acids is 1. The fourth-order valence-electron chi connectivity index (χ4n) is 1.57. The van der Waals surface area contributed by atoms with E-state index in [1.54, 1.807) is 0 Å². The maximum atomic E-state index is 11.7. The second-order valence-electron chi connectivity index (χ2n) is 3.85. The molecule has 1 saturated heterocycles. The first-order chi connectivity index (χ1) is 7.61. The average Bonchev–Trinajstić information content (AvgIpc) is 2.64. The maximum absolute atomic E-state index is 11.7. The number of terminal acetylenes is 1. The fraction of sp³-hybridized carbons (Fsp3) is 0.455. The Kier molecular flexibility index (Phi) is 2.57. The van der Waals surface area contributed by atoms with Crippen molar-refractivity contribution in [1.82, 2.24) is 15.2 Å². The smallest absolute Gasteiger partial charge is 0.252 e. The van der Waals surface area contributed by atoms with Crippen LogP contribution in [0.3, 0.4) is 0 Å². The number of nitrogens with zero attached hydrogens (tertiary/aromatic N) is 4. The molecular formula is C11H12N4O. The number of aromatic nitrogens is 3. The van der Waals surface area contributed by atoms with Crippen molar-refractivity contribution in [3.05, 3.63) is 11.4 Å². The van der Waals surface area contributed by atoms with Gasteiger partial charge in [-0.3, -0.25) is 9.69 Å². The molecule has 2 heterocycles. The van der Waals surface area contributed by atoms with E-state index in [2.05, 4.69) is 21.1 Å². The first-order valence-electron chi connectivity index (χ1n) is 5.06. The van der Waals surface area contributed by atoms with E-state index in [1.165, 1.54) is 4.90 Å². The number of hydrogen-bond acceptors (Lipinski definition) is 4. The quantitative estimate of drug-likeness (QED) is 0.640. The minimum Gasteiger partial charge on any atom is -0.278 e. The highest BCUT2D eigenvalue weighted by atomic mass is 16.2. The van der Waals surface area contributed by atoms with Crippen molar-refractivity contribution in [2.45, 2.75) is 20.3 Å². The molecule has 1 aliphatic heterocycles. The van der Waals surface area contributed by atoms with Gasteiger partial charge in [-0.15, -0.1) is 17.4 Å².